The summed E-state index contributed by atoms with van der Waals surface area (Å²) < 4.78 is 6.00. The molecule has 0 bridgehead atoms. The summed E-state index contributed by atoms with van der Waals surface area (Å²) in [7, 11) is 0. The van der Waals surface area contributed by atoms with Crippen LogP contribution in [0.3, 0.4) is 0 Å². The van der Waals surface area contributed by atoms with Gasteiger partial charge >= 0.3 is 0 Å². The Morgan fingerprint density at radius 1 is 1.08 bits per heavy atom. The lowest BCUT2D eigenvalue weighted by molar-refractivity contribution is 0.0936. The molecule has 0 heterocycles. The van der Waals surface area contributed by atoms with Gasteiger partial charge in [-0.05, 0) is 73.9 Å². The number of aromatic hydroxyl groups is 1. The molecule has 0 saturated heterocycles. The summed E-state index contributed by atoms with van der Waals surface area (Å²) >= 11 is 0. The zero-order valence-electron chi connectivity index (χ0n) is 14.2. The van der Waals surface area contributed by atoms with E-state index in [0.29, 0.717) is 11.3 Å². The van der Waals surface area contributed by atoms with Crippen LogP contribution < -0.4 is 10.1 Å². The zero-order chi connectivity index (χ0) is 17.2. The second-order valence-corrected chi connectivity index (χ2v) is 6.96. The summed E-state index contributed by atoms with van der Waals surface area (Å²) in [6.07, 6.45) is 6.52. The van der Waals surface area contributed by atoms with Crippen molar-refractivity contribution in [2.45, 2.75) is 50.7 Å². The molecule has 0 aliphatic heterocycles. The largest absolute Gasteiger partial charge is 0.508 e. The highest BCUT2D eigenvalue weighted by molar-refractivity contribution is 5.94. The molecule has 0 spiro atoms. The monoisotopic (exact) mass is 337 g/mol. The minimum absolute atomic E-state index is 0.0472. The van der Waals surface area contributed by atoms with Crippen molar-refractivity contribution in [3.05, 3.63) is 59.2 Å². The van der Waals surface area contributed by atoms with Crippen molar-refractivity contribution in [1.82, 2.24) is 5.32 Å². The van der Waals surface area contributed by atoms with Crippen LogP contribution in [0.15, 0.2) is 42.5 Å². The van der Waals surface area contributed by atoms with Crippen LogP contribution in [-0.2, 0) is 6.42 Å². The number of fused-ring (bicyclic) bond motifs is 1. The smallest absolute Gasteiger partial charge is 0.251 e. The van der Waals surface area contributed by atoms with E-state index in [1.54, 1.807) is 6.07 Å². The number of phenolic OH excluding ortho intramolecular Hbond substituents is 1. The molecule has 0 radical (unpaired) electrons. The van der Waals surface area contributed by atoms with Gasteiger partial charge in [0.15, 0.2) is 0 Å². The lowest BCUT2D eigenvalue weighted by atomic mass is 10.1. The van der Waals surface area contributed by atoms with Crippen molar-refractivity contribution in [2.75, 3.05) is 0 Å². The highest BCUT2D eigenvalue weighted by Gasteiger charge is 2.26. The molecule has 1 fully saturated rings. The number of ether oxygens (including phenoxy) is 1. The Morgan fingerprint density at radius 3 is 2.72 bits per heavy atom. The second kappa shape index (κ2) is 6.79. The number of carbonyl (C=O) groups excluding carboxylic acids is 1. The van der Waals surface area contributed by atoms with Crippen LogP contribution in [0.2, 0.25) is 0 Å². The molecule has 2 aromatic rings. The topological polar surface area (TPSA) is 58.6 Å². The van der Waals surface area contributed by atoms with Crippen molar-refractivity contribution in [1.29, 1.82) is 0 Å². The summed E-state index contributed by atoms with van der Waals surface area (Å²) in [5.74, 6) is 0.989. The van der Waals surface area contributed by atoms with Crippen LogP contribution in [0.4, 0.5) is 0 Å². The van der Waals surface area contributed by atoms with E-state index in [-0.39, 0.29) is 18.1 Å². The van der Waals surface area contributed by atoms with E-state index < -0.39 is 0 Å². The first-order chi connectivity index (χ1) is 12.2. The van der Waals surface area contributed by atoms with Gasteiger partial charge in [0.25, 0.3) is 5.91 Å². The summed E-state index contributed by atoms with van der Waals surface area (Å²) in [5.41, 5.74) is 2.59. The van der Waals surface area contributed by atoms with E-state index >= 15 is 0 Å². The minimum Gasteiger partial charge on any atom is -0.508 e. The quantitative estimate of drug-likeness (QED) is 0.882. The van der Waals surface area contributed by atoms with Gasteiger partial charge in [0.2, 0.25) is 0 Å². The molecule has 2 aromatic carbocycles. The van der Waals surface area contributed by atoms with Crippen LogP contribution in [-0.4, -0.2) is 17.1 Å². The summed E-state index contributed by atoms with van der Waals surface area (Å²) in [4.78, 5) is 12.7. The molecule has 1 unspecified atom stereocenters. The molecule has 2 aliphatic carbocycles. The minimum atomic E-state index is -0.0990. The van der Waals surface area contributed by atoms with Crippen LogP contribution in [0.25, 0.3) is 0 Å². The Bertz CT molecular complexity index is 780. The number of rotatable bonds is 4. The van der Waals surface area contributed by atoms with Gasteiger partial charge in [-0.2, -0.15) is 0 Å². The molecule has 1 atom stereocenters. The van der Waals surface area contributed by atoms with E-state index in [1.807, 2.05) is 36.4 Å². The van der Waals surface area contributed by atoms with Gasteiger partial charge in [0.05, 0.1) is 12.1 Å². The Balaban J connectivity index is 1.46. The Hall–Kier alpha value is -2.49. The fourth-order valence-corrected chi connectivity index (χ4v) is 3.94. The van der Waals surface area contributed by atoms with E-state index in [0.717, 1.165) is 42.6 Å². The van der Waals surface area contributed by atoms with Crippen LogP contribution in [0.5, 0.6) is 11.5 Å². The van der Waals surface area contributed by atoms with E-state index in [1.165, 1.54) is 12.8 Å². The van der Waals surface area contributed by atoms with Gasteiger partial charge < -0.3 is 15.2 Å². The van der Waals surface area contributed by atoms with Crippen molar-refractivity contribution in [3.8, 4) is 11.5 Å². The average molecular weight is 337 g/mol. The molecule has 2 N–H and O–H groups in total. The number of benzene rings is 2. The molecule has 1 amide bonds. The summed E-state index contributed by atoms with van der Waals surface area (Å²) in [5, 5.41) is 13.0. The average Bonchev–Trinajstić information content (AvgIpc) is 3.26. The molecule has 0 aromatic heterocycles. The third-order valence-corrected chi connectivity index (χ3v) is 5.25. The van der Waals surface area contributed by atoms with Crippen molar-refractivity contribution in [2.24, 2.45) is 0 Å². The van der Waals surface area contributed by atoms with Gasteiger partial charge in [-0.25, -0.2) is 0 Å². The fraction of sp³-hybridized carbons (Fsp3) is 0.381. The Labute approximate surface area is 147 Å². The molecule has 25 heavy (non-hydrogen) atoms. The number of hydrogen-bond donors (Lipinski definition) is 2. The zero-order valence-corrected chi connectivity index (χ0v) is 14.2. The number of nitrogens with one attached hydrogen (secondary N) is 1. The first-order valence-electron chi connectivity index (χ1n) is 9.09. The van der Waals surface area contributed by atoms with Gasteiger partial charge in [-0.1, -0.05) is 18.2 Å². The Morgan fingerprint density at radius 2 is 1.88 bits per heavy atom. The summed E-state index contributed by atoms with van der Waals surface area (Å²) in [6, 6.07) is 12.9. The molecule has 1 saturated carbocycles. The van der Waals surface area contributed by atoms with Crippen LogP contribution in [0, 0.1) is 0 Å². The van der Waals surface area contributed by atoms with Gasteiger partial charge in [0.1, 0.15) is 11.5 Å². The van der Waals surface area contributed by atoms with E-state index in [9.17, 15) is 9.90 Å². The van der Waals surface area contributed by atoms with Crippen molar-refractivity contribution >= 4 is 5.91 Å². The predicted molar refractivity (Wildman–Crippen MR) is 96.0 cm³/mol. The maximum atomic E-state index is 12.7. The van der Waals surface area contributed by atoms with Crippen molar-refractivity contribution < 1.29 is 14.6 Å². The van der Waals surface area contributed by atoms with Crippen molar-refractivity contribution in [3.63, 3.8) is 0 Å². The third kappa shape index (κ3) is 3.34. The van der Waals surface area contributed by atoms with Crippen LogP contribution in [0.1, 0.15) is 59.6 Å². The highest BCUT2D eigenvalue weighted by Crippen LogP contribution is 2.36. The number of carbonyl (C=O) groups is 1. The lowest BCUT2D eigenvalue weighted by Crippen LogP contribution is -2.27. The molecular weight excluding hydrogens is 314 g/mol. The van der Waals surface area contributed by atoms with Crippen LogP contribution >= 0.6 is 0 Å². The standard InChI is InChI=1S/C21H23NO3/c23-20-10-4-9-17-18(20)11-12-19(17)22-21(24)14-5-3-8-16(13-14)25-15-6-1-2-7-15/h3-5,8-10,13,15,19,23H,1-2,6-7,11-12H2,(H,22,24). The normalized spacial score (nSPS) is 19.6. The SMILES string of the molecule is O=C(NC1CCc2c(O)cccc21)c1cccc(OC2CCCC2)c1. The number of amides is 1. The first kappa shape index (κ1) is 16.0. The molecule has 4 heteroatoms. The second-order valence-electron chi connectivity index (χ2n) is 6.96. The van der Waals surface area contributed by atoms with E-state index in [4.69, 9.17) is 4.74 Å². The molecule has 2 aliphatic rings. The van der Waals surface area contributed by atoms with Gasteiger partial charge in [-0.3, -0.25) is 4.79 Å². The van der Waals surface area contributed by atoms with Gasteiger partial charge in [-0.15, -0.1) is 0 Å². The maximum Gasteiger partial charge on any atom is 0.251 e. The fourth-order valence-electron chi connectivity index (χ4n) is 3.94. The van der Waals surface area contributed by atoms with E-state index in [2.05, 4.69) is 5.32 Å². The predicted octanol–water partition coefficient (Wildman–Crippen LogP) is 4.13. The summed E-state index contributed by atoms with van der Waals surface area (Å²) in [6.45, 7) is 0. The Kier molecular flexibility index (Phi) is 4.35. The maximum absolute atomic E-state index is 12.7. The molecular formula is C21H23NO3. The first-order valence-corrected chi connectivity index (χ1v) is 9.09. The van der Waals surface area contributed by atoms with Gasteiger partial charge in [0, 0.05) is 5.56 Å². The molecule has 4 rings (SSSR count). The molecule has 4 nitrogen and oxygen atoms in total. The lowest BCUT2D eigenvalue weighted by Gasteiger charge is -2.16. The molecule has 130 valence electrons. The highest BCUT2D eigenvalue weighted by atomic mass is 16.5. The number of hydrogen-bond acceptors (Lipinski definition) is 3. The number of phenols is 1. The third-order valence-electron chi connectivity index (χ3n) is 5.25.